The van der Waals surface area contributed by atoms with Crippen LogP contribution in [-0.4, -0.2) is 60.3 Å². The molecule has 11 nitrogen and oxygen atoms in total. The Morgan fingerprint density at radius 3 is 2.59 bits per heavy atom. The van der Waals surface area contributed by atoms with E-state index in [1.807, 2.05) is 12.1 Å². The monoisotopic (exact) mass is 395 g/mol. The Labute approximate surface area is 166 Å². The molecular weight excluding hydrogens is 374 g/mol. The van der Waals surface area contributed by atoms with Crippen LogP contribution in [0.15, 0.2) is 47.9 Å². The zero-order chi connectivity index (χ0) is 20.1. The molecule has 1 aliphatic rings. The summed E-state index contributed by atoms with van der Waals surface area (Å²) < 4.78 is 2.89. The lowest BCUT2D eigenvalue weighted by atomic mass is 9.96. The molecule has 1 fully saturated rings. The number of piperidine rings is 1. The highest BCUT2D eigenvalue weighted by Crippen LogP contribution is 2.21. The highest BCUT2D eigenvalue weighted by molar-refractivity contribution is 5.78. The van der Waals surface area contributed by atoms with Crippen LogP contribution in [0.2, 0.25) is 0 Å². The third kappa shape index (κ3) is 4.45. The molecule has 4 rings (SSSR count). The van der Waals surface area contributed by atoms with Gasteiger partial charge < -0.3 is 10.2 Å². The Kier molecular flexibility index (Phi) is 5.54. The van der Waals surface area contributed by atoms with E-state index in [0.29, 0.717) is 18.9 Å². The van der Waals surface area contributed by atoms with E-state index >= 15 is 0 Å². The van der Waals surface area contributed by atoms with Gasteiger partial charge >= 0.3 is 0 Å². The van der Waals surface area contributed by atoms with Crippen molar-refractivity contribution in [3.05, 3.63) is 53.5 Å². The molecule has 4 heterocycles. The minimum Gasteiger partial charge on any atom is -0.355 e. The van der Waals surface area contributed by atoms with E-state index in [-0.39, 0.29) is 17.4 Å². The van der Waals surface area contributed by atoms with Gasteiger partial charge in [-0.2, -0.15) is 10.2 Å². The van der Waals surface area contributed by atoms with Gasteiger partial charge in [-0.15, -0.1) is 10.2 Å². The van der Waals surface area contributed by atoms with Crippen molar-refractivity contribution in [2.24, 2.45) is 5.92 Å². The molecule has 1 saturated heterocycles. The number of nitrogens with one attached hydrogen (secondary N) is 1. The summed E-state index contributed by atoms with van der Waals surface area (Å²) in [7, 11) is 0. The van der Waals surface area contributed by atoms with Crippen molar-refractivity contribution >= 4 is 11.7 Å². The Balaban J connectivity index is 1.25. The molecule has 0 bridgehead atoms. The summed E-state index contributed by atoms with van der Waals surface area (Å²) in [6.07, 6.45) is 6.04. The zero-order valence-electron chi connectivity index (χ0n) is 15.8. The van der Waals surface area contributed by atoms with Gasteiger partial charge in [-0.3, -0.25) is 9.59 Å². The average Bonchev–Trinajstić information content (AvgIpc) is 3.30. The third-order valence-corrected chi connectivity index (χ3v) is 4.89. The fourth-order valence-electron chi connectivity index (χ4n) is 3.29. The standard InChI is InChI=1S/C18H21N9O2/c28-17-2-1-7-21-26(17)11-8-20-18(29)14-5-9-25(10-6-14)15-3-4-16(24-23-15)27-13-19-12-22-27/h1-4,7,12-14H,5-6,8-11H2,(H,20,29). The van der Waals surface area contributed by atoms with Gasteiger partial charge in [-0.1, -0.05) is 0 Å². The van der Waals surface area contributed by atoms with Crippen molar-refractivity contribution in [3.8, 4) is 5.82 Å². The van der Waals surface area contributed by atoms with E-state index in [1.165, 1.54) is 17.1 Å². The molecule has 29 heavy (non-hydrogen) atoms. The van der Waals surface area contributed by atoms with Crippen LogP contribution in [0.3, 0.4) is 0 Å². The number of hydrogen-bond acceptors (Lipinski definition) is 8. The Bertz CT molecular complexity index is 993. The summed E-state index contributed by atoms with van der Waals surface area (Å²) in [5.41, 5.74) is -0.175. The largest absolute Gasteiger partial charge is 0.355 e. The van der Waals surface area contributed by atoms with E-state index in [2.05, 4.69) is 35.6 Å². The number of aromatic nitrogens is 7. The van der Waals surface area contributed by atoms with Gasteiger partial charge in [-0.05, 0) is 31.0 Å². The maximum Gasteiger partial charge on any atom is 0.266 e. The average molecular weight is 395 g/mol. The number of anilines is 1. The molecule has 0 radical (unpaired) electrons. The highest BCUT2D eigenvalue weighted by atomic mass is 16.2. The Morgan fingerprint density at radius 2 is 1.90 bits per heavy atom. The predicted molar refractivity (Wildman–Crippen MR) is 103 cm³/mol. The SMILES string of the molecule is O=C(NCCn1ncccc1=O)C1CCN(c2ccc(-n3cncn3)nn2)CC1. The summed E-state index contributed by atoms with van der Waals surface area (Å²) >= 11 is 0. The van der Waals surface area contributed by atoms with Crippen molar-refractivity contribution in [1.29, 1.82) is 0 Å². The predicted octanol–water partition coefficient (Wildman–Crippen LogP) is -0.353. The third-order valence-electron chi connectivity index (χ3n) is 4.89. The fraction of sp³-hybridized carbons (Fsp3) is 0.389. The number of amides is 1. The van der Waals surface area contributed by atoms with Crippen LogP contribution >= 0.6 is 0 Å². The van der Waals surface area contributed by atoms with E-state index in [0.717, 1.165) is 31.7 Å². The first-order chi connectivity index (χ1) is 14.2. The van der Waals surface area contributed by atoms with Gasteiger partial charge in [0.15, 0.2) is 11.6 Å². The second-order valence-corrected chi connectivity index (χ2v) is 6.73. The molecule has 1 N–H and O–H groups in total. The summed E-state index contributed by atoms with van der Waals surface area (Å²) in [5, 5.41) is 19.4. The number of rotatable bonds is 6. The maximum absolute atomic E-state index is 12.4. The van der Waals surface area contributed by atoms with Crippen molar-refractivity contribution < 1.29 is 4.79 Å². The molecule has 11 heteroatoms. The number of nitrogens with zero attached hydrogens (tertiary/aromatic N) is 8. The molecule has 0 saturated carbocycles. The molecule has 1 amide bonds. The van der Waals surface area contributed by atoms with Crippen molar-refractivity contribution in [3.63, 3.8) is 0 Å². The minimum atomic E-state index is -0.175. The molecule has 150 valence electrons. The van der Waals surface area contributed by atoms with Crippen LogP contribution in [0, 0.1) is 5.92 Å². The molecule has 3 aromatic heterocycles. The van der Waals surface area contributed by atoms with Crippen LogP contribution < -0.4 is 15.8 Å². The van der Waals surface area contributed by atoms with Crippen LogP contribution in [0.4, 0.5) is 5.82 Å². The molecule has 0 unspecified atom stereocenters. The normalized spacial score (nSPS) is 14.7. The Hall–Kier alpha value is -3.63. The number of hydrogen-bond donors (Lipinski definition) is 1. The lowest BCUT2D eigenvalue weighted by molar-refractivity contribution is -0.125. The molecule has 3 aromatic rings. The minimum absolute atomic E-state index is 0.0150. The fourth-order valence-corrected chi connectivity index (χ4v) is 3.29. The van der Waals surface area contributed by atoms with Gasteiger partial charge in [0.2, 0.25) is 5.91 Å². The first-order valence-electron chi connectivity index (χ1n) is 9.44. The second-order valence-electron chi connectivity index (χ2n) is 6.73. The molecule has 0 aliphatic carbocycles. The summed E-state index contributed by atoms with van der Waals surface area (Å²) in [6, 6.07) is 6.79. The maximum atomic E-state index is 12.4. The van der Waals surface area contributed by atoms with Gasteiger partial charge in [-0.25, -0.2) is 14.3 Å². The Morgan fingerprint density at radius 1 is 1.10 bits per heavy atom. The van der Waals surface area contributed by atoms with Gasteiger partial charge in [0.05, 0.1) is 6.54 Å². The van der Waals surface area contributed by atoms with Crippen LogP contribution in [0.1, 0.15) is 12.8 Å². The number of carbonyl (C=O) groups excluding carboxylic acids is 1. The topological polar surface area (TPSA) is 124 Å². The van der Waals surface area contributed by atoms with Gasteiger partial charge in [0.25, 0.3) is 5.56 Å². The molecule has 0 spiro atoms. The summed E-state index contributed by atoms with van der Waals surface area (Å²) in [5.74, 6) is 1.35. The lowest BCUT2D eigenvalue weighted by Crippen LogP contribution is -2.42. The van der Waals surface area contributed by atoms with E-state index < -0.39 is 0 Å². The van der Waals surface area contributed by atoms with Crippen molar-refractivity contribution in [1.82, 2.24) is 40.1 Å². The molecule has 1 aliphatic heterocycles. The lowest BCUT2D eigenvalue weighted by Gasteiger charge is -2.31. The van der Waals surface area contributed by atoms with Crippen LogP contribution in [-0.2, 0) is 11.3 Å². The van der Waals surface area contributed by atoms with Crippen molar-refractivity contribution in [2.75, 3.05) is 24.5 Å². The summed E-state index contributed by atoms with van der Waals surface area (Å²) in [4.78, 5) is 30.0. The van der Waals surface area contributed by atoms with E-state index in [4.69, 9.17) is 0 Å². The molecule has 0 atom stereocenters. The van der Waals surface area contributed by atoms with Gasteiger partial charge in [0.1, 0.15) is 12.7 Å². The smallest absolute Gasteiger partial charge is 0.266 e. The quantitative estimate of drug-likeness (QED) is 0.600. The van der Waals surface area contributed by atoms with E-state index in [1.54, 1.807) is 23.3 Å². The molecule has 0 aromatic carbocycles. The van der Waals surface area contributed by atoms with Crippen LogP contribution in [0.25, 0.3) is 5.82 Å². The van der Waals surface area contributed by atoms with E-state index in [9.17, 15) is 9.59 Å². The zero-order valence-corrected chi connectivity index (χ0v) is 15.8. The number of carbonyl (C=O) groups is 1. The highest BCUT2D eigenvalue weighted by Gasteiger charge is 2.25. The molecular formula is C18H21N9O2. The van der Waals surface area contributed by atoms with Crippen molar-refractivity contribution in [2.45, 2.75) is 19.4 Å². The van der Waals surface area contributed by atoms with Gasteiger partial charge in [0, 0.05) is 37.8 Å². The van der Waals surface area contributed by atoms with Crippen LogP contribution in [0.5, 0.6) is 0 Å². The summed E-state index contributed by atoms with van der Waals surface area (Å²) in [6.45, 7) is 2.20. The first-order valence-corrected chi connectivity index (χ1v) is 9.44. The first kappa shape index (κ1) is 18.7. The second kappa shape index (κ2) is 8.59.